The van der Waals surface area contributed by atoms with E-state index in [-0.39, 0.29) is 20.5 Å². The summed E-state index contributed by atoms with van der Waals surface area (Å²) < 4.78 is 30.2. The van der Waals surface area contributed by atoms with Gasteiger partial charge in [0, 0.05) is 10.0 Å². The topological polar surface area (TPSA) is 68.2 Å². The van der Waals surface area contributed by atoms with Crippen LogP contribution in [0.15, 0.2) is 70.4 Å². The zero-order chi connectivity index (χ0) is 21.5. The van der Waals surface area contributed by atoms with E-state index in [0.29, 0.717) is 26.8 Å². The quantitative estimate of drug-likeness (QED) is 0.373. The van der Waals surface area contributed by atoms with Crippen LogP contribution >= 0.6 is 46.1 Å². The predicted octanol–water partition coefficient (Wildman–Crippen LogP) is 5.87. The van der Waals surface area contributed by atoms with Crippen molar-refractivity contribution in [2.24, 2.45) is 0 Å². The smallest absolute Gasteiger partial charge is 0.294 e. The molecule has 4 aromatic rings. The lowest BCUT2D eigenvalue weighted by molar-refractivity contribution is 0.601. The van der Waals surface area contributed by atoms with Crippen LogP contribution in [-0.2, 0) is 16.6 Å². The Morgan fingerprint density at radius 1 is 0.933 bits per heavy atom. The molecule has 5 nitrogen and oxygen atoms in total. The molecule has 3 aromatic carbocycles. The zero-order valence-electron chi connectivity index (χ0n) is 15.1. The minimum absolute atomic E-state index is 0.0113. The van der Waals surface area contributed by atoms with Crippen LogP contribution in [0, 0.1) is 0 Å². The summed E-state index contributed by atoms with van der Waals surface area (Å²) in [4.78, 5) is 12.3. The van der Waals surface area contributed by atoms with Crippen molar-refractivity contribution < 1.29 is 8.42 Å². The van der Waals surface area contributed by atoms with Gasteiger partial charge < -0.3 is 0 Å². The van der Waals surface area contributed by atoms with Crippen LogP contribution in [0.5, 0.6) is 0 Å². The molecule has 30 heavy (non-hydrogen) atoms. The van der Waals surface area contributed by atoms with Crippen LogP contribution in [-0.4, -0.2) is 13.0 Å². The highest BCUT2D eigenvalue weighted by Crippen LogP contribution is 2.29. The third-order valence-electron chi connectivity index (χ3n) is 4.41. The van der Waals surface area contributed by atoms with E-state index in [1.54, 1.807) is 22.8 Å². The molecular formula is C20H13Cl3N2O3S2. The van der Waals surface area contributed by atoms with Gasteiger partial charge >= 0.3 is 4.87 Å². The minimum Gasteiger partial charge on any atom is -0.294 e. The third-order valence-corrected chi connectivity index (χ3v) is 7.65. The van der Waals surface area contributed by atoms with E-state index in [9.17, 15) is 13.2 Å². The molecule has 0 saturated carbocycles. The van der Waals surface area contributed by atoms with Gasteiger partial charge in [0.2, 0.25) is 0 Å². The molecule has 154 valence electrons. The fourth-order valence-electron chi connectivity index (χ4n) is 2.94. The normalized spacial score (nSPS) is 11.7. The fraction of sp³-hybridized carbons (Fsp3) is 0.0500. The van der Waals surface area contributed by atoms with Crippen LogP contribution < -0.4 is 9.60 Å². The Hall–Kier alpha value is -2.03. The number of fused-ring (bicyclic) bond motifs is 1. The van der Waals surface area contributed by atoms with E-state index in [2.05, 4.69) is 4.72 Å². The maximum absolute atomic E-state index is 12.8. The highest BCUT2D eigenvalue weighted by Gasteiger charge is 2.19. The van der Waals surface area contributed by atoms with Gasteiger partial charge in [0.25, 0.3) is 10.0 Å². The summed E-state index contributed by atoms with van der Waals surface area (Å²) in [6, 6.07) is 16.3. The lowest BCUT2D eigenvalue weighted by Gasteiger charge is -2.10. The number of halogens is 3. The first kappa shape index (κ1) is 21.2. The van der Waals surface area contributed by atoms with Crippen molar-refractivity contribution in [1.82, 2.24) is 4.57 Å². The molecule has 0 radical (unpaired) electrons. The van der Waals surface area contributed by atoms with E-state index < -0.39 is 10.0 Å². The van der Waals surface area contributed by atoms with Gasteiger partial charge in [-0.05, 0) is 48.0 Å². The molecular weight excluding hydrogens is 487 g/mol. The molecule has 0 fully saturated rings. The van der Waals surface area contributed by atoms with E-state index in [1.165, 1.54) is 24.3 Å². The average Bonchev–Trinajstić information content (AvgIpc) is 3.01. The van der Waals surface area contributed by atoms with Crippen molar-refractivity contribution in [3.05, 3.63) is 91.0 Å². The monoisotopic (exact) mass is 498 g/mol. The molecule has 0 amide bonds. The molecule has 0 aliphatic heterocycles. The van der Waals surface area contributed by atoms with Crippen LogP contribution in [0.3, 0.4) is 0 Å². The van der Waals surface area contributed by atoms with Crippen LogP contribution in [0.25, 0.3) is 10.2 Å². The van der Waals surface area contributed by atoms with Crippen LogP contribution in [0.4, 0.5) is 5.69 Å². The Morgan fingerprint density at radius 2 is 1.70 bits per heavy atom. The second-order valence-corrected chi connectivity index (χ2v) is 10.3. The second kappa shape index (κ2) is 8.24. The van der Waals surface area contributed by atoms with Crippen LogP contribution in [0.1, 0.15) is 5.56 Å². The Morgan fingerprint density at radius 3 is 2.47 bits per heavy atom. The summed E-state index contributed by atoms with van der Waals surface area (Å²) in [5.41, 5.74) is 1.60. The molecule has 0 bridgehead atoms. The Bertz CT molecular complexity index is 1430. The summed E-state index contributed by atoms with van der Waals surface area (Å²) in [7, 11) is -3.93. The second-order valence-electron chi connectivity index (χ2n) is 6.40. The summed E-state index contributed by atoms with van der Waals surface area (Å²) >= 11 is 19.2. The van der Waals surface area contributed by atoms with Gasteiger partial charge in [-0.25, -0.2) is 8.42 Å². The lowest BCUT2D eigenvalue weighted by atomic mass is 10.2. The number of benzene rings is 3. The molecule has 0 aliphatic carbocycles. The molecule has 4 rings (SSSR count). The van der Waals surface area contributed by atoms with Gasteiger partial charge in [-0.15, -0.1) is 0 Å². The number of sulfonamides is 1. The molecule has 1 aromatic heterocycles. The molecule has 0 spiro atoms. The maximum atomic E-state index is 12.8. The van der Waals surface area contributed by atoms with Gasteiger partial charge in [-0.2, -0.15) is 0 Å². The first-order valence-corrected chi connectivity index (χ1v) is 12.0. The summed E-state index contributed by atoms with van der Waals surface area (Å²) in [5.74, 6) is 0. The van der Waals surface area contributed by atoms with Crippen molar-refractivity contribution in [2.45, 2.75) is 11.4 Å². The predicted molar refractivity (Wildman–Crippen MR) is 124 cm³/mol. The fourth-order valence-corrected chi connectivity index (χ4v) is 5.63. The van der Waals surface area contributed by atoms with Crippen molar-refractivity contribution in [3.63, 3.8) is 0 Å². The largest absolute Gasteiger partial charge is 0.308 e. The van der Waals surface area contributed by atoms with E-state index >= 15 is 0 Å². The number of anilines is 1. The number of hydrogen-bond acceptors (Lipinski definition) is 4. The molecule has 1 heterocycles. The summed E-state index contributed by atoms with van der Waals surface area (Å²) in [6.07, 6.45) is 0. The summed E-state index contributed by atoms with van der Waals surface area (Å²) in [6.45, 7) is 0.293. The molecule has 0 saturated heterocycles. The number of aromatic nitrogens is 1. The Labute approximate surface area is 191 Å². The van der Waals surface area contributed by atoms with Crippen LogP contribution in [0.2, 0.25) is 15.1 Å². The van der Waals surface area contributed by atoms with Crippen molar-refractivity contribution in [1.29, 1.82) is 0 Å². The highest BCUT2D eigenvalue weighted by molar-refractivity contribution is 7.92. The molecule has 0 atom stereocenters. The molecule has 0 aliphatic rings. The van der Waals surface area contributed by atoms with Crippen molar-refractivity contribution >= 4 is 72.1 Å². The van der Waals surface area contributed by atoms with Gasteiger partial charge in [-0.3, -0.25) is 14.1 Å². The maximum Gasteiger partial charge on any atom is 0.308 e. The third kappa shape index (κ3) is 4.22. The molecule has 1 N–H and O–H groups in total. The zero-order valence-corrected chi connectivity index (χ0v) is 19.0. The van der Waals surface area contributed by atoms with Gasteiger partial charge in [0.15, 0.2) is 0 Å². The molecule has 0 unspecified atom stereocenters. The number of hydrogen-bond donors (Lipinski definition) is 1. The van der Waals surface area contributed by atoms with Gasteiger partial charge in [0.05, 0.1) is 32.4 Å². The number of rotatable bonds is 5. The van der Waals surface area contributed by atoms with Crippen molar-refractivity contribution in [2.75, 3.05) is 4.72 Å². The van der Waals surface area contributed by atoms with E-state index in [1.807, 2.05) is 18.2 Å². The first-order chi connectivity index (χ1) is 14.2. The SMILES string of the molecule is O=c1sc2cc(S(=O)(=O)Nc3cc(Cl)ccc3Cl)ccc2n1Cc1ccccc1Cl. The number of thiazole rings is 1. The summed E-state index contributed by atoms with van der Waals surface area (Å²) in [5, 5.41) is 1.13. The lowest BCUT2D eigenvalue weighted by Crippen LogP contribution is -2.14. The van der Waals surface area contributed by atoms with Crippen molar-refractivity contribution in [3.8, 4) is 0 Å². The Balaban J connectivity index is 1.71. The standard InChI is InChI=1S/C20H13Cl3N2O3S2/c21-13-5-7-16(23)17(9-13)24-30(27,28)14-6-8-18-19(10-14)29-20(26)25(18)11-12-3-1-2-4-15(12)22/h1-10,24H,11H2. The van der Waals surface area contributed by atoms with E-state index in [4.69, 9.17) is 34.8 Å². The number of nitrogens with zero attached hydrogens (tertiary/aromatic N) is 1. The van der Waals surface area contributed by atoms with Gasteiger partial charge in [0.1, 0.15) is 0 Å². The Kier molecular flexibility index (Phi) is 5.83. The van der Waals surface area contributed by atoms with Gasteiger partial charge in [-0.1, -0.05) is 64.3 Å². The number of nitrogens with one attached hydrogen (secondary N) is 1. The highest BCUT2D eigenvalue weighted by atomic mass is 35.5. The average molecular weight is 500 g/mol. The molecule has 10 heteroatoms. The first-order valence-electron chi connectivity index (χ1n) is 8.59. The van der Waals surface area contributed by atoms with E-state index in [0.717, 1.165) is 16.9 Å². The minimum atomic E-state index is -3.93.